The minimum atomic E-state index is -1.86. The highest BCUT2D eigenvalue weighted by Gasteiger charge is 2.19. The van der Waals surface area contributed by atoms with E-state index in [4.69, 9.17) is 18.9 Å². The van der Waals surface area contributed by atoms with Gasteiger partial charge >= 0.3 is 0 Å². The molecule has 0 saturated carbocycles. The first kappa shape index (κ1) is 23.8. The van der Waals surface area contributed by atoms with Crippen molar-refractivity contribution in [2.45, 2.75) is 9.79 Å². The number of benzene rings is 2. The van der Waals surface area contributed by atoms with Crippen LogP contribution in [-0.2, 0) is 10.8 Å². The lowest BCUT2D eigenvalue weighted by molar-refractivity contribution is 0.256. The summed E-state index contributed by atoms with van der Waals surface area (Å²) in [5, 5.41) is 0. The Kier molecular flexibility index (Phi) is 10.3. The average Bonchev–Trinajstić information content (AvgIpc) is 2.78. The highest BCUT2D eigenvalue weighted by Crippen LogP contribution is 2.35. The molecular weight excluding hydrogens is 428 g/mol. The largest absolute Gasteiger partial charge is 0.491 e. The molecule has 0 aliphatic rings. The number of rotatable bonds is 14. The monoisotopic (exact) mass is 450 g/mol. The number of hydrogen-bond donors (Lipinski definition) is 0. The van der Waals surface area contributed by atoms with Crippen molar-refractivity contribution < 1.29 is 40.7 Å². The number of alkyl halides is 4. The van der Waals surface area contributed by atoms with E-state index in [1.807, 2.05) is 0 Å². The van der Waals surface area contributed by atoms with E-state index in [0.717, 1.165) is 0 Å². The van der Waals surface area contributed by atoms with E-state index < -0.39 is 37.5 Å². The molecule has 0 saturated heterocycles. The zero-order valence-corrected chi connectivity index (χ0v) is 16.9. The fourth-order valence-corrected chi connectivity index (χ4v) is 3.64. The van der Waals surface area contributed by atoms with Crippen molar-refractivity contribution in [1.29, 1.82) is 0 Å². The highest BCUT2D eigenvalue weighted by molar-refractivity contribution is 7.85. The standard InChI is InChI=1S/C20H22F4O5S/c21-5-9-26-15-1-3-19(17(13-15)28-11-7-23)30(25)20-4-2-16(27-10-6-22)14-18(20)29-12-8-24/h1-4,13-14H,5-12H2. The molecule has 0 atom stereocenters. The molecule has 0 amide bonds. The van der Waals surface area contributed by atoms with E-state index in [0.29, 0.717) is 0 Å². The Labute approximate surface area is 174 Å². The van der Waals surface area contributed by atoms with E-state index >= 15 is 0 Å². The molecule has 0 aromatic heterocycles. The molecule has 2 rings (SSSR count). The van der Waals surface area contributed by atoms with Gasteiger partial charge in [0.15, 0.2) is 0 Å². The number of hydrogen-bond acceptors (Lipinski definition) is 5. The fraction of sp³-hybridized carbons (Fsp3) is 0.400. The molecule has 0 spiro atoms. The Bertz CT molecular complexity index is 756. The van der Waals surface area contributed by atoms with Gasteiger partial charge in [-0.2, -0.15) is 0 Å². The predicted molar refractivity (Wildman–Crippen MR) is 103 cm³/mol. The molecule has 0 heterocycles. The maximum Gasteiger partial charge on any atom is 0.139 e. The van der Waals surface area contributed by atoms with Crippen molar-refractivity contribution in [3.8, 4) is 23.0 Å². The molecular formula is C20H22F4O5S. The van der Waals surface area contributed by atoms with E-state index in [-0.39, 0.29) is 59.2 Å². The third kappa shape index (κ3) is 6.79. The predicted octanol–water partition coefficient (Wildman–Crippen LogP) is 4.25. The first-order chi connectivity index (χ1) is 14.6. The van der Waals surface area contributed by atoms with Gasteiger partial charge in [0, 0.05) is 12.1 Å². The van der Waals surface area contributed by atoms with Gasteiger partial charge in [-0.05, 0) is 24.3 Å². The number of halogens is 4. The van der Waals surface area contributed by atoms with Crippen LogP contribution >= 0.6 is 0 Å². The van der Waals surface area contributed by atoms with Gasteiger partial charge in [0.25, 0.3) is 0 Å². The van der Waals surface area contributed by atoms with Gasteiger partial charge in [0.2, 0.25) is 0 Å². The van der Waals surface area contributed by atoms with Crippen LogP contribution in [0.15, 0.2) is 46.2 Å². The summed E-state index contributed by atoms with van der Waals surface area (Å²) < 4.78 is 84.2. The topological polar surface area (TPSA) is 54.0 Å². The summed E-state index contributed by atoms with van der Waals surface area (Å²) in [5.41, 5.74) is 0. The highest BCUT2D eigenvalue weighted by atomic mass is 32.2. The molecule has 10 heteroatoms. The lowest BCUT2D eigenvalue weighted by atomic mass is 10.3. The van der Waals surface area contributed by atoms with Gasteiger partial charge in [-0.15, -0.1) is 0 Å². The van der Waals surface area contributed by atoms with Crippen molar-refractivity contribution in [2.75, 3.05) is 53.1 Å². The summed E-state index contributed by atoms with van der Waals surface area (Å²) in [7, 11) is -1.86. The van der Waals surface area contributed by atoms with E-state index in [2.05, 4.69) is 0 Å². The van der Waals surface area contributed by atoms with Gasteiger partial charge in [-0.3, -0.25) is 0 Å². The van der Waals surface area contributed by atoms with Crippen molar-refractivity contribution in [3.05, 3.63) is 36.4 Å². The maximum atomic E-state index is 13.2. The summed E-state index contributed by atoms with van der Waals surface area (Å²) in [6.45, 7) is -3.84. The van der Waals surface area contributed by atoms with E-state index in [9.17, 15) is 21.8 Å². The minimum Gasteiger partial charge on any atom is -0.491 e. The Hall–Kier alpha value is -2.49. The van der Waals surface area contributed by atoms with Gasteiger partial charge in [0.1, 0.15) is 76.1 Å². The molecule has 0 unspecified atom stereocenters. The van der Waals surface area contributed by atoms with Gasteiger partial charge < -0.3 is 18.9 Å². The zero-order chi connectivity index (χ0) is 21.8. The molecule has 2 aromatic rings. The second-order valence-electron chi connectivity index (χ2n) is 5.64. The van der Waals surface area contributed by atoms with Crippen LogP contribution < -0.4 is 18.9 Å². The van der Waals surface area contributed by atoms with Crippen LogP contribution in [0.25, 0.3) is 0 Å². The van der Waals surface area contributed by atoms with Crippen LogP contribution in [0.1, 0.15) is 0 Å². The van der Waals surface area contributed by atoms with Crippen LogP contribution in [0.2, 0.25) is 0 Å². The van der Waals surface area contributed by atoms with Crippen LogP contribution in [0.4, 0.5) is 17.6 Å². The summed E-state index contributed by atoms with van der Waals surface area (Å²) in [6.07, 6.45) is 0. The quantitative estimate of drug-likeness (QED) is 0.403. The fourth-order valence-electron chi connectivity index (χ4n) is 2.42. The van der Waals surface area contributed by atoms with Crippen molar-refractivity contribution in [2.24, 2.45) is 0 Å². The van der Waals surface area contributed by atoms with Gasteiger partial charge in [-0.25, -0.2) is 21.8 Å². The van der Waals surface area contributed by atoms with Crippen LogP contribution in [0.5, 0.6) is 23.0 Å². The molecule has 30 heavy (non-hydrogen) atoms. The Morgan fingerprint density at radius 2 is 0.967 bits per heavy atom. The normalized spacial score (nSPS) is 10.8. The SMILES string of the molecule is O=S(c1ccc(OCCF)cc1OCCF)c1ccc(OCCF)cc1OCCF. The van der Waals surface area contributed by atoms with E-state index in [1.165, 1.54) is 36.4 Å². The maximum absolute atomic E-state index is 13.2. The Morgan fingerprint density at radius 1 is 0.600 bits per heavy atom. The van der Waals surface area contributed by atoms with Crippen LogP contribution in [0.3, 0.4) is 0 Å². The Morgan fingerprint density at radius 3 is 1.33 bits per heavy atom. The molecule has 166 valence electrons. The zero-order valence-electron chi connectivity index (χ0n) is 16.1. The van der Waals surface area contributed by atoms with Crippen molar-refractivity contribution in [1.82, 2.24) is 0 Å². The molecule has 0 bridgehead atoms. The summed E-state index contributed by atoms with van der Waals surface area (Å²) >= 11 is 0. The molecule has 0 radical (unpaired) electrons. The minimum absolute atomic E-state index is 0.0940. The van der Waals surface area contributed by atoms with Crippen molar-refractivity contribution >= 4 is 10.8 Å². The molecule has 0 N–H and O–H groups in total. The number of ether oxygens (including phenoxy) is 4. The second kappa shape index (κ2) is 12.9. The summed E-state index contributed by atoms with van der Waals surface area (Å²) in [6, 6.07) is 8.63. The molecule has 2 aromatic carbocycles. The molecule has 5 nitrogen and oxygen atoms in total. The second-order valence-corrected chi connectivity index (χ2v) is 7.05. The summed E-state index contributed by atoms with van der Waals surface area (Å²) in [5.74, 6) is 0.727. The third-order valence-corrected chi connectivity index (χ3v) is 5.06. The van der Waals surface area contributed by atoms with Crippen LogP contribution in [0, 0.1) is 0 Å². The molecule has 0 aliphatic heterocycles. The molecule has 0 aliphatic carbocycles. The van der Waals surface area contributed by atoms with E-state index in [1.54, 1.807) is 0 Å². The molecule has 0 fully saturated rings. The van der Waals surface area contributed by atoms with Gasteiger partial charge in [-0.1, -0.05) is 0 Å². The smallest absolute Gasteiger partial charge is 0.139 e. The lowest BCUT2D eigenvalue weighted by Crippen LogP contribution is -2.07. The first-order valence-corrected chi connectivity index (χ1v) is 10.2. The lowest BCUT2D eigenvalue weighted by Gasteiger charge is -2.15. The summed E-state index contributed by atoms with van der Waals surface area (Å²) in [4.78, 5) is 0.386. The van der Waals surface area contributed by atoms with Crippen molar-refractivity contribution in [3.63, 3.8) is 0 Å². The van der Waals surface area contributed by atoms with Crippen LogP contribution in [-0.4, -0.2) is 57.3 Å². The van der Waals surface area contributed by atoms with Gasteiger partial charge in [0.05, 0.1) is 20.6 Å². The first-order valence-electron chi connectivity index (χ1n) is 9.09. The Balaban J connectivity index is 2.38. The third-order valence-electron chi connectivity index (χ3n) is 3.59. The average molecular weight is 450 g/mol.